The van der Waals surface area contributed by atoms with Gasteiger partial charge in [0.15, 0.2) is 18.1 Å². The van der Waals surface area contributed by atoms with Crippen molar-refractivity contribution in [1.82, 2.24) is 4.90 Å². The van der Waals surface area contributed by atoms with Gasteiger partial charge < -0.3 is 19.5 Å². The fourth-order valence-electron chi connectivity index (χ4n) is 4.24. The van der Waals surface area contributed by atoms with E-state index >= 15 is 0 Å². The third kappa shape index (κ3) is 6.82. The molecule has 0 radical (unpaired) electrons. The Kier molecular flexibility index (Phi) is 9.22. The van der Waals surface area contributed by atoms with Gasteiger partial charge in [0, 0.05) is 16.1 Å². The molecule has 0 aromatic heterocycles. The maximum Gasteiger partial charge on any atom is 0.293 e. The zero-order chi connectivity index (χ0) is 29.6. The lowest BCUT2D eigenvalue weighted by Crippen LogP contribution is -2.32. The van der Waals surface area contributed by atoms with Crippen molar-refractivity contribution in [3.63, 3.8) is 0 Å². The first-order chi connectivity index (χ1) is 20.3. The van der Waals surface area contributed by atoms with Crippen LogP contribution in [0, 0.1) is 0 Å². The molecular weight excluding hydrogens is 599 g/mol. The van der Waals surface area contributed by atoms with Gasteiger partial charge >= 0.3 is 0 Å². The summed E-state index contributed by atoms with van der Waals surface area (Å²) in [7, 11) is 1.43. The van der Waals surface area contributed by atoms with Gasteiger partial charge in [-0.2, -0.15) is 0 Å². The van der Waals surface area contributed by atoms with Gasteiger partial charge in [-0.25, -0.2) is 0 Å². The molecular formula is C31H24Cl2N2O6S. The number of ether oxygens (including phenoxy) is 3. The first-order valence-corrected chi connectivity index (χ1v) is 14.3. The molecule has 214 valence electrons. The lowest BCUT2D eigenvalue weighted by atomic mass is 10.1. The molecule has 0 saturated carbocycles. The van der Waals surface area contributed by atoms with E-state index in [0.717, 1.165) is 27.4 Å². The minimum atomic E-state index is -0.430. The fourth-order valence-corrected chi connectivity index (χ4v) is 5.51. The van der Waals surface area contributed by atoms with Gasteiger partial charge in [-0.3, -0.25) is 19.3 Å². The number of benzene rings is 4. The molecule has 0 unspecified atom stereocenters. The highest BCUT2D eigenvalue weighted by molar-refractivity contribution is 8.18. The Hall–Kier alpha value is -4.18. The van der Waals surface area contributed by atoms with Crippen LogP contribution < -0.4 is 19.5 Å². The molecule has 4 aromatic carbocycles. The molecule has 0 bridgehead atoms. The molecule has 0 aliphatic carbocycles. The maximum atomic E-state index is 13.0. The number of anilines is 1. The molecule has 5 rings (SSSR count). The molecule has 1 aliphatic heterocycles. The number of fused-ring (bicyclic) bond motifs is 1. The van der Waals surface area contributed by atoms with Gasteiger partial charge in [-0.15, -0.1) is 0 Å². The van der Waals surface area contributed by atoms with Gasteiger partial charge in [-0.05, 0) is 71.3 Å². The highest BCUT2D eigenvalue weighted by Gasteiger charge is 2.35. The number of hydrogen-bond donors (Lipinski definition) is 1. The van der Waals surface area contributed by atoms with E-state index in [4.69, 9.17) is 37.4 Å². The van der Waals surface area contributed by atoms with E-state index in [0.29, 0.717) is 22.0 Å². The van der Waals surface area contributed by atoms with Crippen molar-refractivity contribution in [3.05, 3.63) is 99.4 Å². The summed E-state index contributed by atoms with van der Waals surface area (Å²) in [6, 6.07) is 23.4. The van der Waals surface area contributed by atoms with Crippen molar-refractivity contribution in [1.29, 1.82) is 0 Å². The van der Waals surface area contributed by atoms with Crippen LogP contribution in [-0.2, 0) is 9.59 Å². The number of halogens is 2. The molecule has 1 heterocycles. The van der Waals surface area contributed by atoms with Gasteiger partial charge in [-0.1, -0.05) is 59.6 Å². The lowest BCUT2D eigenvalue weighted by molar-refractivity contribution is -0.123. The molecule has 8 nitrogen and oxygen atoms in total. The molecule has 11 heteroatoms. The third-order valence-corrected chi connectivity index (χ3v) is 7.66. The topological polar surface area (TPSA) is 94.2 Å². The van der Waals surface area contributed by atoms with Crippen molar-refractivity contribution < 1.29 is 28.6 Å². The molecule has 1 aliphatic rings. The largest absolute Gasteiger partial charge is 0.493 e. The van der Waals surface area contributed by atoms with Gasteiger partial charge in [0.1, 0.15) is 12.4 Å². The van der Waals surface area contributed by atoms with Crippen LogP contribution in [0.5, 0.6) is 17.2 Å². The second kappa shape index (κ2) is 13.2. The summed E-state index contributed by atoms with van der Waals surface area (Å²) < 4.78 is 17.0. The van der Waals surface area contributed by atoms with E-state index in [1.165, 1.54) is 7.11 Å². The second-order valence-electron chi connectivity index (χ2n) is 9.04. The average molecular weight is 624 g/mol. The van der Waals surface area contributed by atoms with Crippen LogP contribution in [0.3, 0.4) is 0 Å². The third-order valence-electron chi connectivity index (χ3n) is 6.22. The summed E-state index contributed by atoms with van der Waals surface area (Å²) in [6.45, 7) is -0.0748. The second-order valence-corrected chi connectivity index (χ2v) is 10.9. The van der Waals surface area contributed by atoms with Crippen molar-refractivity contribution in [2.45, 2.75) is 0 Å². The number of thioether (sulfide) groups is 1. The number of methoxy groups -OCH3 is 1. The zero-order valence-corrected chi connectivity index (χ0v) is 24.6. The summed E-state index contributed by atoms with van der Waals surface area (Å²) in [6.07, 6.45) is 1.56. The van der Waals surface area contributed by atoms with E-state index in [-0.39, 0.29) is 41.2 Å². The van der Waals surface area contributed by atoms with Crippen LogP contribution in [0.1, 0.15) is 5.56 Å². The predicted molar refractivity (Wildman–Crippen MR) is 166 cm³/mol. The summed E-state index contributed by atoms with van der Waals surface area (Å²) in [5.41, 5.74) is 1.09. The number of imide groups is 1. The van der Waals surface area contributed by atoms with Crippen LogP contribution in [-0.4, -0.2) is 48.8 Å². The Balaban J connectivity index is 1.22. The number of hydrogen-bond acceptors (Lipinski definition) is 7. The number of amides is 3. The lowest BCUT2D eigenvalue weighted by Gasteiger charge is -2.14. The Morgan fingerprint density at radius 3 is 2.50 bits per heavy atom. The molecule has 0 spiro atoms. The van der Waals surface area contributed by atoms with Crippen molar-refractivity contribution in [3.8, 4) is 17.2 Å². The average Bonchev–Trinajstić information content (AvgIpc) is 3.24. The zero-order valence-electron chi connectivity index (χ0n) is 22.3. The number of nitrogens with zero attached hydrogens (tertiary/aromatic N) is 1. The Bertz CT molecular complexity index is 1690. The van der Waals surface area contributed by atoms with E-state index in [9.17, 15) is 14.4 Å². The number of carbonyl (C=O) groups is 3. The van der Waals surface area contributed by atoms with E-state index in [1.54, 1.807) is 42.5 Å². The number of nitrogens with one attached hydrogen (secondary N) is 1. The fraction of sp³-hybridized carbons (Fsp3) is 0.129. The molecule has 1 N–H and O–H groups in total. The minimum Gasteiger partial charge on any atom is -0.493 e. The standard InChI is InChI=1S/C31H24Cl2N2O6S/c1-39-26-16-19(15-24(33)29(26)41-18-28(36)34-22-11-9-21(32)10-12-22)17-27-30(37)35(31(38)42-27)13-14-40-25-8-4-6-20-5-2-3-7-23(20)25/h2-12,15-17H,13-14,18H2,1H3,(H,34,36)/b27-17-. The monoisotopic (exact) mass is 622 g/mol. The molecule has 0 atom stereocenters. The molecule has 3 amide bonds. The molecule has 1 saturated heterocycles. The molecule has 4 aromatic rings. The first kappa shape index (κ1) is 29.3. The Morgan fingerprint density at radius 1 is 0.952 bits per heavy atom. The van der Waals surface area contributed by atoms with Crippen LogP contribution in [0.4, 0.5) is 10.5 Å². The van der Waals surface area contributed by atoms with Crippen LogP contribution >= 0.6 is 35.0 Å². The quantitative estimate of drug-likeness (QED) is 0.186. The van der Waals surface area contributed by atoms with Crippen LogP contribution in [0.2, 0.25) is 10.0 Å². The first-order valence-electron chi connectivity index (χ1n) is 12.7. The molecule has 1 fully saturated rings. The number of carbonyl (C=O) groups excluding carboxylic acids is 3. The van der Waals surface area contributed by atoms with E-state index in [2.05, 4.69) is 5.32 Å². The summed E-state index contributed by atoms with van der Waals surface area (Å²) in [4.78, 5) is 39.4. The summed E-state index contributed by atoms with van der Waals surface area (Å²) in [5.74, 6) is 0.276. The SMILES string of the molecule is COc1cc(/C=C2\SC(=O)N(CCOc3cccc4ccccc34)C2=O)cc(Cl)c1OCC(=O)Nc1ccc(Cl)cc1. The van der Waals surface area contributed by atoms with E-state index in [1.807, 2.05) is 42.5 Å². The van der Waals surface area contributed by atoms with Gasteiger partial charge in [0.2, 0.25) is 0 Å². The van der Waals surface area contributed by atoms with E-state index < -0.39 is 17.1 Å². The summed E-state index contributed by atoms with van der Waals surface area (Å²) >= 11 is 13.2. The predicted octanol–water partition coefficient (Wildman–Crippen LogP) is 7.29. The highest BCUT2D eigenvalue weighted by Crippen LogP contribution is 2.39. The highest BCUT2D eigenvalue weighted by atomic mass is 35.5. The summed E-state index contributed by atoms with van der Waals surface area (Å²) in [5, 5.41) is 5.02. The van der Waals surface area contributed by atoms with Gasteiger partial charge in [0.05, 0.1) is 23.6 Å². The van der Waals surface area contributed by atoms with Crippen molar-refractivity contribution in [2.75, 3.05) is 32.2 Å². The Morgan fingerprint density at radius 2 is 1.71 bits per heavy atom. The smallest absolute Gasteiger partial charge is 0.293 e. The van der Waals surface area contributed by atoms with Gasteiger partial charge in [0.25, 0.3) is 17.1 Å². The molecule has 42 heavy (non-hydrogen) atoms. The Labute approximate surface area is 256 Å². The van der Waals surface area contributed by atoms with Crippen molar-refractivity contribution in [2.24, 2.45) is 0 Å². The minimum absolute atomic E-state index is 0.0974. The normalized spacial score (nSPS) is 14.0. The maximum absolute atomic E-state index is 13.0. The van der Waals surface area contributed by atoms with Crippen LogP contribution in [0.15, 0.2) is 83.8 Å². The van der Waals surface area contributed by atoms with Crippen LogP contribution in [0.25, 0.3) is 16.8 Å². The van der Waals surface area contributed by atoms with Crippen molar-refractivity contribution >= 4 is 74.6 Å². The number of rotatable bonds is 10.